The predicted octanol–water partition coefficient (Wildman–Crippen LogP) is 3.31. The highest BCUT2D eigenvalue weighted by molar-refractivity contribution is 6.31. The Hall–Kier alpha value is -1.84. The number of rotatable bonds is 6. The summed E-state index contributed by atoms with van der Waals surface area (Å²) >= 11 is 6.13. The number of benzene rings is 1. The van der Waals surface area contributed by atoms with E-state index < -0.39 is 6.04 Å². The van der Waals surface area contributed by atoms with Gasteiger partial charge in [0.15, 0.2) is 0 Å². The number of carbonyl (C=O) groups is 2. The van der Waals surface area contributed by atoms with E-state index in [0.29, 0.717) is 29.1 Å². The van der Waals surface area contributed by atoms with Crippen molar-refractivity contribution in [3.05, 3.63) is 35.0 Å². The van der Waals surface area contributed by atoms with Crippen LogP contribution in [-0.4, -0.2) is 115 Å². The average molecular weight is 566 g/mol. The number of piperazine rings is 1. The van der Waals surface area contributed by atoms with Crippen molar-refractivity contribution in [2.45, 2.75) is 44.2 Å². The second-order valence-electron chi connectivity index (χ2n) is 11.3. The lowest BCUT2D eigenvalue weighted by molar-refractivity contribution is -0.136. The first kappa shape index (κ1) is 29.2. The maximum Gasteiger partial charge on any atom is 0.268 e. The zero-order valence-corrected chi connectivity index (χ0v) is 24.2. The molecule has 2 amide bonds. The lowest BCUT2D eigenvalue weighted by atomic mass is 9.89. The molecule has 3 aliphatic heterocycles. The Morgan fingerprint density at radius 2 is 1.58 bits per heavy atom. The van der Waals surface area contributed by atoms with E-state index in [0.717, 1.165) is 76.1 Å². The fourth-order valence-electron chi connectivity index (χ4n) is 6.20. The van der Waals surface area contributed by atoms with E-state index in [9.17, 15) is 9.59 Å². The SMILES string of the molecule is CN1CCC(C[C@@H](NC(=O)c2cc3cc(Cl)ccc3[nH]2)C(=O)N2CCN(C3CCN(C)CC3)CC2)CC1.Cl. The van der Waals surface area contributed by atoms with Crippen LogP contribution in [0.5, 0.6) is 0 Å². The van der Waals surface area contributed by atoms with Crippen LogP contribution >= 0.6 is 24.0 Å². The van der Waals surface area contributed by atoms with Gasteiger partial charge in [-0.2, -0.15) is 0 Å². The number of nitrogens with one attached hydrogen (secondary N) is 2. The molecule has 38 heavy (non-hydrogen) atoms. The molecule has 0 bridgehead atoms. The molecule has 0 unspecified atom stereocenters. The van der Waals surface area contributed by atoms with Crippen molar-refractivity contribution in [2.75, 3.05) is 66.5 Å². The highest BCUT2D eigenvalue weighted by Gasteiger charge is 2.33. The first-order valence-corrected chi connectivity index (χ1v) is 14.2. The Labute approximate surface area is 237 Å². The van der Waals surface area contributed by atoms with Crippen molar-refractivity contribution in [1.29, 1.82) is 0 Å². The molecular formula is C28H42Cl2N6O2. The van der Waals surface area contributed by atoms with Crippen LogP contribution in [0.4, 0.5) is 0 Å². The van der Waals surface area contributed by atoms with Gasteiger partial charge < -0.3 is 25.0 Å². The van der Waals surface area contributed by atoms with Crippen LogP contribution in [0, 0.1) is 5.92 Å². The number of aromatic amines is 1. The molecule has 0 saturated carbocycles. The Bertz CT molecular complexity index is 1090. The number of amides is 2. The molecule has 5 rings (SSSR count). The summed E-state index contributed by atoms with van der Waals surface area (Å²) in [5, 5.41) is 4.64. The number of H-pyrrole nitrogens is 1. The monoisotopic (exact) mass is 564 g/mol. The molecule has 210 valence electrons. The number of carbonyl (C=O) groups excluding carboxylic acids is 2. The van der Waals surface area contributed by atoms with Crippen molar-refractivity contribution < 1.29 is 9.59 Å². The standard InChI is InChI=1S/C28H41ClN6O2.ClH/c1-32-9-5-20(6-10-32)17-26(31-27(36)25-19-21-18-22(29)3-4-24(21)30-25)28(37)35-15-13-34(14-16-35)23-7-11-33(2)12-8-23;/h3-4,18-20,23,26,30H,5-17H2,1-2H3,(H,31,36);1H/t26-;/m1./s1. The Kier molecular flexibility index (Phi) is 9.98. The van der Waals surface area contributed by atoms with E-state index >= 15 is 0 Å². The third-order valence-electron chi connectivity index (χ3n) is 8.67. The van der Waals surface area contributed by atoms with Gasteiger partial charge in [-0.25, -0.2) is 0 Å². The fraction of sp³-hybridized carbons (Fsp3) is 0.643. The van der Waals surface area contributed by atoms with Gasteiger partial charge in [0.1, 0.15) is 11.7 Å². The smallest absolute Gasteiger partial charge is 0.268 e. The molecular weight excluding hydrogens is 523 g/mol. The number of aromatic nitrogens is 1. The first-order chi connectivity index (χ1) is 17.9. The van der Waals surface area contributed by atoms with Gasteiger partial charge in [0.2, 0.25) is 5.91 Å². The summed E-state index contributed by atoms with van der Waals surface area (Å²) in [7, 11) is 4.34. The molecule has 1 aromatic heterocycles. The molecule has 2 aromatic rings. The Morgan fingerprint density at radius 1 is 0.947 bits per heavy atom. The fourth-order valence-corrected chi connectivity index (χ4v) is 6.38. The average Bonchev–Trinajstić information content (AvgIpc) is 3.33. The van der Waals surface area contributed by atoms with Crippen LogP contribution in [0.1, 0.15) is 42.6 Å². The maximum absolute atomic E-state index is 13.8. The second kappa shape index (κ2) is 13.0. The second-order valence-corrected chi connectivity index (χ2v) is 11.8. The summed E-state index contributed by atoms with van der Waals surface area (Å²) in [6, 6.07) is 7.45. The largest absolute Gasteiger partial charge is 0.351 e. The Morgan fingerprint density at radius 3 is 2.24 bits per heavy atom. The number of hydrogen-bond acceptors (Lipinski definition) is 5. The van der Waals surface area contributed by atoms with Gasteiger partial charge in [-0.1, -0.05) is 11.6 Å². The lowest BCUT2D eigenvalue weighted by Gasteiger charge is -2.43. The third-order valence-corrected chi connectivity index (χ3v) is 8.90. The van der Waals surface area contributed by atoms with Crippen LogP contribution in [0.15, 0.2) is 24.3 Å². The quantitative estimate of drug-likeness (QED) is 0.563. The Balaban J connectivity index is 0.00000336. The number of halogens is 2. The van der Waals surface area contributed by atoms with Gasteiger partial charge in [0.25, 0.3) is 5.91 Å². The predicted molar refractivity (Wildman–Crippen MR) is 155 cm³/mol. The van der Waals surface area contributed by atoms with Crippen LogP contribution < -0.4 is 5.32 Å². The maximum atomic E-state index is 13.8. The molecule has 2 N–H and O–H groups in total. The molecule has 3 aliphatic rings. The molecule has 1 atom stereocenters. The summed E-state index contributed by atoms with van der Waals surface area (Å²) in [6.45, 7) is 7.67. The molecule has 0 radical (unpaired) electrons. The highest BCUT2D eigenvalue weighted by Crippen LogP contribution is 2.24. The number of fused-ring (bicyclic) bond motifs is 1. The zero-order valence-electron chi connectivity index (χ0n) is 22.6. The van der Waals surface area contributed by atoms with E-state index in [-0.39, 0.29) is 24.2 Å². The minimum absolute atomic E-state index is 0. The van der Waals surface area contributed by atoms with E-state index in [1.54, 1.807) is 6.07 Å². The van der Waals surface area contributed by atoms with Gasteiger partial charge in [-0.05, 0) is 103 Å². The number of nitrogens with zero attached hydrogens (tertiary/aromatic N) is 4. The summed E-state index contributed by atoms with van der Waals surface area (Å²) in [5.74, 6) is 0.269. The van der Waals surface area contributed by atoms with Gasteiger partial charge in [0.05, 0.1) is 0 Å². The van der Waals surface area contributed by atoms with Crippen molar-refractivity contribution >= 4 is 46.7 Å². The van der Waals surface area contributed by atoms with E-state index in [1.807, 2.05) is 23.1 Å². The van der Waals surface area contributed by atoms with Crippen LogP contribution in [-0.2, 0) is 4.79 Å². The van der Waals surface area contributed by atoms with Gasteiger partial charge in [0, 0.05) is 48.1 Å². The summed E-state index contributed by atoms with van der Waals surface area (Å²) in [6.07, 6.45) is 5.22. The van der Waals surface area contributed by atoms with Crippen LogP contribution in [0.2, 0.25) is 5.02 Å². The highest BCUT2D eigenvalue weighted by atomic mass is 35.5. The minimum Gasteiger partial charge on any atom is -0.351 e. The normalized spacial score (nSPS) is 21.8. The first-order valence-electron chi connectivity index (χ1n) is 13.8. The number of likely N-dealkylation sites (tertiary alicyclic amines) is 2. The van der Waals surface area contributed by atoms with Crippen molar-refractivity contribution in [2.24, 2.45) is 5.92 Å². The minimum atomic E-state index is -0.509. The topological polar surface area (TPSA) is 74.9 Å². The van der Waals surface area contributed by atoms with E-state index in [1.165, 1.54) is 12.8 Å². The summed E-state index contributed by atoms with van der Waals surface area (Å²) in [5.41, 5.74) is 1.32. The third kappa shape index (κ3) is 7.02. The molecule has 3 fully saturated rings. The zero-order chi connectivity index (χ0) is 25.9. The van der Waals surface area contributed by atoms with Crippen molar-refractivity contribution in [1.82, 2.24) is 29.9 Å². The molecule has 3 saturated heterocycles. The molecule has 0 aliphatic carbocycles. The molecule has 0 spiro atoms. The summed E-state index contributed by atoms with van der Waals surface area (Å²) in [4.78, 5) is 39.6. The lowest BCUT2D eigenvalue weighted by Crippen LogP contribution is -2.57. The number of piperidine rings is 2. The van der Waals surface area contributed by atoms with Crippen LogP contribution in [0.25, 0.3) is 10.9 Å². The molecule has 8 nitrogen and oxygen atoms in total. The molecule has 10 heteroatoms. The van der Waals surface area contributed by atoms with Gasteiger partial charge >= 0.3 is 0 Å². The number of hydrogen-bond donors (Lipinski definition) is 2. The van der Waals surface area contributed by atoms with Gasteiger partial charge in [-0.15, -0.1) is 12.4 Å². The van der Waals surface area contributed by atoms with E-state index in [4.69, 9.17) is 11.6 Å². The van der Waals surface area contributed by atoms with Crippen molar-refractivity contribution in [3.8, 4) is 0 Å². The van der Waals surface area contributed by atoms with Crippen molar-refractivity contribution in [3.63, 3.8) is 0 Å². The molecule has 4 heterocycles. The molecule has 1 aromatic carbocycles. The van der Waals surface area contributed by atoms with Crippen LogP contribution in [0.3, 0.4) is 0 Å². The van der Waals surface area contributed by atoms with Gasteiger partial charge in [-0.3, -0.25) is 14.5 Å². The van der Waals surface area contributed by atoms with E-state index in [2.05, 4.69) is 39.1 Å². The summed E-state index contributed by atoms with van der Waals surface area (Å²) < 4.78 is 0.